The Morgan fingerprint density at radius 1 is 1.25 bits per heavy atom. The molecule has 4 heteroatoms. The van der Waals surface area contributed by atoms with Crippen molar-refractivity contribution in [3.05, 3.63) is 59.7 Å². The molecule has 126 valence electrons. The summed E-state index contributed by atoms with van der Waals surface area (Å²) in [7, 11) is 0. The zero-order chi connectivity index (χ0) is 16.8. The fourth-order valence-electron chi connectivity index (χ4n) is 2.84. The van der Waals surface area contributed by atoms with Gasteiger partial charge in [0.25, 0.3) is 0 Å². The van der Waals surface area contributed by atoms with E-state index in [1.165, 1.54) is 0 Å². The Morgan fingerprint density at radius 3 is 2.88 bits per heavy atom. The summed E-state index contributed by atoms with van der Waals surface area (Å²) in [5.41, 5.74) is 3.30. The van der Waals surface area contributed by atoms with Gasteiger partial charge in [-0.1, -0.05) is 43.7 Å². The second-order valence-corrected chi connectivity index (χ2v) is 6.14. The topological polar surface area (TPSA) is 50.4 Å². The van der Waals surface area contributed by atoms with Gasteiger partial charge in [0.05, 0.1) is 0 Å². The Kier molecular flexibility index (Phi) is 5.36. The number of benzene rings is 2. The van der Waals surface area contributed by atoms with Crippen LogP contribution in [0.5, 0.6) is 5.75 Å². The highest BCUT2D eigenvalue weighted by atomic mass is 16.5. The molecule has 0 aliphatic carbocycles. The molecule has 0 saturated heterocycles. The summed E-state index contributed by atoms with van der Waals surface area (Å²) in [5.74, 6) is 0.915. The number of rotatable bonds is 7. The van der Waals surface area contributed by atoms with Gasteiger partial charge >= 0.3 is 0 Å². The van der Waals surface area contributed by atoms with Gasteiger partial charge in [0.1, 0.15) is 18.4 Å². The minimum Gasteiger partial charge on any atom is -0.489 e. The molecule has 0 fully saturated rings. The maximum atomic E-state index is 12.2. The fraction of sp³-hybridized carbons (Fsp3) is 0.350. The molecule has 0 bridgehead atoms. The zero-order valence-corrected chi connectivity index (χ0v) is 14.0. The summed E-state index contributed by atoms with van der Waals surface area (Å²) in [6, 6.07) is 15.9. The highest BCUT2D eigenvalue weighted by Gasteiger charge is 2.26. The largest absolute Gasteiger partial charge is 0.489 e. The molecule has 0 spiro atoms. The smallest absolute Gasteiger partial charge is 0.242 e. The summed E-state index contributed by atoms with van der Waals surface area (Å²) < 4.78 is 5.86. The summed E-state index contributed by atoms with van der Waals surface area (Å²) in [5, 5.41) is 6.28. The number of nitrogens with one attached hydrogen (secondary N) is 2. The van der Waals surface area contributed by atoms with E-state index in [9.17, 15) is 4.79 Å². The molecule has 2 aromatic rings. The van der Waals surface area contributed by atoms with E-state index in [-0.39, 0.29) is 11.9 Å². The van der Waals surface area contributed by atoms with Crippen molar-refractivity contribution in [2.24, 2.45) is 0 Å². The van der Waals surface area contributed by atoms with Gasteiger partial charge in [0.15, 0.2) is 0 Å². The predicted molar refractivity (Wildman–Crippen MR) is 96.2 cm³/mol. The zero-order valence-electron chi connectivity index (χ0n) is 14.0. The Bertz CT molecular complexity index is 685. The molecule has 1 atom stereocenters. The molecule has 1 amide bonds. The number of fused-ring (bicyclic) bond motifs is 1. The predicted octanol–water partition coefficient (Wildman–Crippen LogP) is 3.52. The summed E-state index contributed by atoms with van der Waals surface area (Å²) in [6.07, 6.45) is 2.80. The van der Waals surface area contributed by atoms with E-state index >= 15 is 0 Å². The number of unbranched alkanes of at least 4 members (excludes halogenated alkanes) is 1. The normalized spacial score (nSPS) is 15.5. The number of amides is 1. The Balaban J connectivity index is 1.56. The summed E-state index contributed by atoms with van der Waals surface area (Å²) in [4.78, 5) is 12.2. The van der Waals surface area contributed by atoms with Crippen LogP contribution < -0.4 is 15.4 Å². The van der Waals surface area contributed by atoms with Gasteiger partial charge in [-0.15, -0.1) is 0 Å². The van der Waals surface area contributed by atoms with Gasteiger partial charge in [-0.3, -0.25) is 4.79 Å². The van der Waals surface area contributed by atoms with Gasteiger partial charge in [0.2, 0.25) is 5.91 Å². The standard InChI is InChI=1S/C20H24N2O2/c1-2-3-11-21-20(23)19-13-16-12-17(9-10-18(16)22-19)24-14-15-7-5-4-6-8-15/h4-10,12,19,22H,2-3,11,13-14H2,1H3,(H,21,23)/t19-/m1/s1. The van der Waals surface area contributed by atoms with E-state index in [4.69, 9.17) is 4.74 Å². The van der Waals surface area contributed by atoms with Crippen molar-refractivity contribution in [1.82, 2.24) is 5.32 Å². The number of carbonyl (C=O) groups is 1. The van der Waals surface area contributed by atoms with Gasteiger partial charge < -0.3 is 15.4 Å². The summed E-state index contributed by atoms with van der Waals surface area (Å²) >= 11 is 0. The fourth-order valence-corrected chi connectivity index (χ4v) is 2.84. The van der Waals surface area contributed by atoms with E-state index in [2.05, 4.69) is 17.6 Å². The molecule has 0 saturated carbocycles. The van der Waals surface area contributed by atoms with E-state index in [0.717, 1.165) is 42.0 Å². The Labute approximate surface area is 143 Å². The lowest BCUT2D eigenvalue weighted by molar-refractivity contribution is -0.121. The highest BCUT2D eigenvalue weighted by Crippen LogP contribution is 2.30. The van der Waals surface area contributed by atoms with E-state index in [0.29, 0.717) is 13.0 Å². The molecule has 1 heterocycles. The highest BCUT2D eigenvalue weighted by molar-refractivity contribution is 5.87. The van der Waals surface area contributed by atoms with Crippen molar-refractivity contribution < 1.29 is 9.53 Å². The van der Waals surface area contributed by atoms with Crippen LogP contribution in [-0.2, 0) is 17.8 Å². The molecule has 0 radical (unpaired) electrons. The lowest BCUT2D eigenvalue weighted by atomic mass is 10.1. The maximum absolute atomic E-state index is 12.2. The van der Waals surface area contributed by atoms with Crippen molar-refractivity contribution in [2.75, 3.05) is 11.9 Å². The van der Waals surface area contributed by atoms with Crippen LogP contribution in [0, 0.1) is 0 Å². The molecule has 0 unspecified atom stereocenters. The minimum absolute atomic E-state index is 0.0754. The minimum atomic E-state index is -0.179. The van der Waals surface area contributed by atoms with E-state index in [1.54, 1.807) is 0 Å². The molecule has 1 aliphatic heterocycles. The van der Waals surface area contributed by atoms with Gasteiger partial charge in [-0.2, -0.15) is 0 Å². The first-order valence-corrected chi connectivity index (χ1v) is 8.60. The molecule has 4 nitrogen and oxygen atoms in total. The van der Waals surface area contributed by atoms with Gasteiger partial charge in [-0.05, 0) is 35.7 Å². The SMILES string of the molecule is CCCCNC(=O)[C@H]1Cc2cc(OCc3ccccc3)ccc2N1. The van der Waals surface area contributed by atoms with Crippen molar-refractivity contribution >= 4 is 11.6 Å². The van der Waals surface area contributed by atoms with Crippen LogP contribution in [0.4, 0.5) is 5.69 Å². The number of hydrogen-bond donors (Lipinski definition) is 2. The number of hydrogen-bond acceptors (Lipinski definition) is 3. The molecular weight excluding hydrogens is 300 g/mol. The first-order valence-electron chi connectivity index (χ1n) is 8.60. The number of ether oxygens (including phenoxy) is 1. The molecule has 1 aliphatic rings. The van der Waals surface area contributed by atoms with Crippen molar-refractivity contribution in [1.29, 1.82) is 0 Å². The van der Waals surface area contributed by atoms with Crippen molar-refractivity contribution in [3.8, 4) is 5.75 Å². The van der Waals surface area contributed by atoms with Crippen molar-refractivity contribution in [2.45, 2.75) is 38.8 Å². The monoisotopic (exact) mass is 324 g/mol. The second-order valence-electron chi connectivity index (χ2n) is 6.14. The Hall–Kier alpha value is -2.49. The van der Waals surface area contributed by atoms with Crippen LogP contribution in [0.3, 0.4) is 0 Å². The van der Waals surface area contributed by atoms with Gasteiger partial charge in [0, 0.05) is 18.7 Å². The van der Waals surface area contributed by atoms with Crippen LogP contribution in [0.15, 0.2) is 48.5 Å². The lowest BCUT2D eigenvalue weighted by Gasteiger charge is -2.11. The molecule has 2 N–H and O–H groups in total. The average molecular weight is 324 g/mol. The third-order valence-electron chi connectivity index (χ3n) is 4.22. The third kappa shape index (κ3) is 4.07. The number of carbonyl (C=O) groups excluding carboxylic acids is 1. The van der Waals surface area contributed by atoms with E-state index < -0.39 is 0 Å². The van der Waals surface area contributed by atoms with Crippen LogP contribution in [0.1, 0.15) is 30.9 Å². The summed E-state index contributed by atoms with van der Waals surface area (Å²) in [6.45, 7) is 3.41. The first-order chi connectivity index (χ1) is 11.8. The third-order valence-corrected chi connectivity index (χ3v) is 4.22. The molecule has 2 aromatic carbocycles. The lowest BCUT2D eigenvalue weighted by Crippen LogP contribution is -2.38. The number of anilines is 1. The van der Waals surface area contributed by atoms with Gasteiger partial charge in [-0.25, -0.2) is 0 Å². The van der Waals surface area contributed by atoms with Crippen molar-refractivity contribution in [3.63, 3.8) is 0 Å². The quantitative estimate of drug-likeness (QED) is 0.766. The van der Waals surface area contributed by atoms with Crippen LogP contribution in [0.25, 0.3) is 0 Å². The second kappa shape index (κ2) is 7.86. The molecule has 24 heavy (non-hydrogen) atoms. The maximum Gasteiger partial charge on any atom is 0.242 e. The van der Waals surface area contributed by atoms with E-state index in [1.807, 2.05) is 48.5 Å². The van der Waals surface area contributed by atoms with Crippen LogP contribution in [0.2, 0.25) is 0 Å². The molecular formula is C20H24N2O2. The Morgan fingerprint density at radius 2 is 2.08 bits per heavy atom. The molecule has 3 rings (SSSR count). The first kappa shape index (κ1) is 16.4. The molecule has 0 aromatic heterocycles. The van der Waals surface area contributed by atoms with Crippen LogP contribution >= 0.6 is 0 Å². The van der Waals surface area contributed by atoms with Crippen LogP contribution in [-0.4, -0.2) is 18.5 Å². The average Bonchev–Trinajstić information content (AvgIpc) is 3.04.